The molecule has 0 aliphatic rings. The van der Waals surface area contributed by atoms with Crippen LogP contribution in [0.4, 0.5) is 10.5 Å². The Kier molecular flexibility index (Phi) is 5.14. The Balaban J connectivity index is 2.81. The second-order valence-corrected chi connectivity index (χ2v) is 6.40. The molecule has 5 nitrogen and oxygen atoms in total. The maximum Gasteiger partial charge on any atom is 0.412 e. The molecule has 1 rings (SSSR count). The Morgan fingerprint density at radius 1 is 1.25 bits per heavy atom. The van der Waals surface area contributed by atoms with E-state index in [2.05, 4.69) is 5.32 Å². The molecule has 0 bridgehead atoms. The van der Waals surface area contributed by atoms with Gasteiger partial charge in [0.1, 0.15) is 5.60 Å². The fourth-order valence-electron chi connectivity index (χ4n) is 1.73. The molecule has 3 N–H and O–H groups in total. The molecular formula is C15H24N2O3. The lowest BCUT2D eigenvalue weighted by molar-refractivity contribution is 0.0636. The summed E-state index contributed by atoms with van der Waals surface area (Å²) in [6, 6.07) is 7.55. The molecule has 0 fully saturated rings. The van der Waals surface area contributed by atoms with Crippen molar-refractivity contribution in [2.24, 2.45) is 5.90 Å². The highest BCUT2D eigenvalue weighted by molar-refractivity contribution is 5.85. The van der Waals surface area contributed by atoms with Crippen molar-refractivity contribution in [1.82, 2.24) is 0 Å². The van der Waals surface area contributed by atoms with Gasteiger partial charge in [0.25, 0.3) is 0 Å². The van der Waals surface area contributed by atoms with Gasteiger partial charge in [-0.3, -0.25) is 5.32 Å². The van der Waals surface area contributed by atoms with Gasteiger partial charge in [0.05, 0.1) is 6.61 Å². The predicted octanol–water partition coefficient (Wildman–Crippen LogP) is 3.20. The van der Waals surface area contributed by atoms with Gasteiger partial charge in [-0.05, 0) is 38.5 Å². The second kappa shape index (κ2) is 6.24. The summed E-state index contributed by atoms with van der Waals surface area (Å²) in [4.78, 5) is 16.5. The van der Waals surface area contributed by atoms with Crippen LogP contribution in [0.15, 0.2) is 24.3 Å². The normalized spacial score (nSPS) is 12.1. The van der Waals surface area contributed by atoms with Crippen molar-refractivity contribution in [2.45, 2.75) is 45.6 Å². The Bertz CT molecular complexity index is 464. The average molecular weight is 280 g/mol. The van der Waals surface area contributed by atoms with Crippen molar-refractivity contribution in [1.29, 1.82) is 0 Å². The maximum atomic E-state index is 11.7. The number of ether oxygens (including phenoxy) is 1. The molecule has 0 aliphatic heterocycles. The number of hydrogen-bond donors (Lipinski definition) is 2. The third-order valence-electron chi connectivity index (χ3n) is 2.73. The minimum absolute atomic E-state index is 0.236. The Morgan fingerprint density at radius 2 is 1.90 bits per heavy atom. The quantitative estimate of drug-likeness (QED) is 0.831. The summed E-state index contributed by atoms with van der Waals surface area (Å²) in [5.41, 5.74) is 0.952. The van der Waals surface area contributed by atoms with Gasteiger partial charge < -0.3 is 9.57 Å². The summed E-state index contributed by atoms with van der Waals surface area (Å²) >= 11 is 0. The molecule has 1 aromatic carbocycles. The van der Waals surface area contributed by atoms with E-state index in [4.69, 9.17) is 15.5 Å². The number of nitrogens with one attached hydrogen (secondary N) is 1. The summed E-state index contributed by atoms with van der Waals surface area (Å²) in [6.07, 6.45) is -0.470. The van der Waals surface area contributed by atoms with Crippen LogP contribution in [0.3, 0.4) is 0 Å². The zero-order chi connectivity index (χ0) is 15.4. The van der Waals surface area contributed by atoms with Crippen molar-refractivity contribution >= 4 is 11.8 Å². The zero-order valence-electron chi connectivity index (χ0n) is 12.8. The van der Waals surface area contributed by atoms with Crippen molar-refractivity contribution < 1.29 is 14.4 Å². The van der Waals surface area contributed by atoms with Crippen LogP contribution in [-0.2, 0) is 15.0 Å². The molecule has 0 aromatic heterocycles. The lowest BCUT2D eigenvalue weighted by Crippen LogP contribution is -2.28. The van der Waals surface area contributed by atoms with E-state index in [9.17, 15) is 4.79 Å². The highest BCUT2D eigenvalue weighted by Gasteiger charge is 2.22. The SMILES string of the molecule is CC(C)(C)OC(=O)Nc1cccc(C(C)(C)CON)c1. The highest BCUT2D eigenvalue weighted by Crippen LogP contribution is 2.25. The van der Waals surface area contributed by atoms with Crippen LogP contribution in [0.1, 0.15) is 40.2 Å². The van der Waals surface area contributed by atoms with Crippen molar-refractivity contribution in [3.63, 3.8) is 0 Å². The number of benzene rings is 1. The van der Waals surface area contributed by atoms with E-state index in [1.54, 1.807) is 0 Å². The minimum atomic E-state index is -0.519. The number of rotatable bonds is 4. The van der Waals surface area contributed by atoms with Crippen LogP contribution in [0, 0.1) is 0 Å². The van der Waals surface area contributed by atoms with Crippen molar-refractivity contribution in [3.05, 3.63) is 29.8 Å². The molecule has 0 saturated carbocycles. The lowest BCUT2D eigenvalue weighted by Gasteiger charge is -2.24. The third kappa shape index (κ3) is 5.19. The van der Waals surface area contributed by atoms with E-state index in [-0.39, 0.29) is 5.41 Å². The Labute approximate surface area is 120 Å². The van der Waals surface area contributed by atoms with Crippen LogP contribution in [0.5, 0.6) is 0 Å². The summed E-state index contributed by atoms with van der Waals surface area (Å²) in [6.45, 7) is 9.90. The van der Waals surface area contributed by atoms with Gasteiger partial charge in [0, 0.05) is 11.1 Å². The van der Waals surface area contributed by atoms with E-state index in [1.807, 2.05) is 58.9 Å². The lowest BCUT2D eigenvalue weighted by atomic mass is 9.85. The summed E-state index contributed by atoms with van der Waals surface area (Å²) in [7, 11) is 0. The highest BCUT2D eigenvalue weighted by atomic mass is 16.6. The first kappa shape index (κ1) is 16.5. The number of nitrogens with two attached hydrogens (primary N) is 1. The molecule has 1 amide bonds. The number of anilines is 1. The van der Waals surface area contributed by atoms with Crippen LogP contribution in [0.2, 0.25) is 0 Å². The van der Waals surface area contributed by atoms with Crippen LogP contribution >= 0.6 is 0 Å². The summed E-state index contributed by atoms with van der Waals surface area (Å²) in [5.74, 6) is 5.15. The van der Waals surface area contributed by atoms with Gasteiger partial charge in [0.2, 0.25) is 0 Å². The molecule has 0 atom stereocenters. The molecule has 1 aromatic rings. The number of hydrogen-bond acceptors (Lipinski definition) is 4. The van der Waals surface area contributed by atoms with Crippen molar-refractivity contribution in [3.8, 4) is 0 Å². The number of carbonyl (C=O) groups excluding carboxylic acids is 1. The molecular weight excluding hydrogens is 256 g/mol. The first-order valence-electron chi connectivity index (χ1n) is 6.56. The molecule has 0 spiro atoms. The van der Waals surface area contributed by atoms with Crippen LogP contribution in [-0.4, -0.2) is 18.3 Å². The van der Waals surface area contributed by atoms with Gasteiger partial charge >= 0.3 is 6.09 Å². The fraction of sp³-hybridized carbons (Fsp3) is 0.533. The molecule has 5 heteroatoms. The van der Waals surface area contributed by atoms with E-state index in [1.165, 1.54) is 0 Å². The van der Waals surface area contributed by atoms with Gasteiger partial charge in [0.15, 0.2) is 0 Å². The van der Waals surface area contributed by atoms with E-state index in [0.717, 1.165) is 5.56 Å². The van der Waals surface area contributed by atoms with E-state index >= 15 is 0 Å². The molecule has 0 unspecified atom stereocenters. The third-order valence-corrected chi connectivity index (χ3v) is 2.73. The maximum absolute atomic E-state index is 11.7. The van der Waals surface area contributed by atoms with E-state index < -0.39 is 11.7 Å². The topological polar surface area (TPSA) is 73.6 Å². The summed E-state index contributed by atoms with van der Waals surface area (Å²) in [5, 5.41) is 2.72. The standard InChI is InChI=1S/C15H24N2O3/c1-14(2,3)20-13(18)17-12-8-6-7-11(9-12)15(4,5)10-19-16/h6-9H,10,16H2,1-5H3,(H,17,18). The smallest absolute Gasteiger partial charge is 0.412 e. The van der Waals surface area contributed by atoms with Gasteiger partial charge in [-0.2, -0.15) is 0 Å². The van der Waals surface area contributed by atoms with Crippen LogP contribution < -0.4 is 11.2 Å². The number of carbonyl (C=O) groups is 1. The molecule has 20 heavy (non-hydrogen) atoms. The monoisotopic (exact) mass is 280 g/mol. The predicted molar refractivity (Wildman–Crippen MR) is 79.5 cm³/mol. The van der Waals surface area contributed by atoms with E-state index in [0.29, 0.717) is 12.3 Å². The molecule has 0 radical (unpaired) electrons. The second-order valence-electron chi connectivity index (χ2n) is 6.40. The van der Waals surface area contributed by atoms with Crippen LogP contribution in [0.25, 0.3) is 0 Å². The largest absolute Gasteiger partial charge is 0.444 e. The fourth-order valence-corrected chi connectivity index (χ4v) is 1.73. The molecule has 0 saturated heterocycles. The number of amides is 1. The minimum Gasteiger partial charge on any atom is -0.444 e. The van der Waals surface area contributed by atoms with Gasteiger partial charge in [-0.1, -0.05) is 26.0 Å². The van der Waals surface area contributed by atoms with Gasteiger partial charge in [-0.15, -0.1) is 0 Å². The molecule has 0 aliphatic carbocycles. The Hall–Kier alpha value is -1.59. The zero-order valence-corrected chi connectivity index (χ0v) is 12.8. The first-order chi connectivity index (χ1) is 9.14. The summed E-state index contributed by atoms with van der Waals surface area (Å²) < 4.78 is 5.22. The molecule has 0 heterocycles. The first-order valence-corrected chi connectivity index (χ1v) is 6.56. The Morgan fingerprint density at radius 3 is 2.45 bits per heavy atom. The average Bonchev–Trinajstić information content (AvgIpc) is 2.26. The van der Waals surface area contributed by atoms with Crippen molar-refractivity contribution in [2.75, 3.05) is 11.9 Å². The van der Waals surface area contributed by atoms with Gasteiger partial charge in [-0.25, -0.2) is 10.7 Å². The molecule has 112 valence electrons.